The van der Waals surface area contributed by atoms with Gasteiger partial charge in [0.2, 0.25) is 5.88 Å². The Balaban J connectivity index is 1.20. The predicted octanol–water partition coefficient (Wildman–Crippen LogP) is 9.09. The van der Waals surface area contributed by atoms with Crippen LogP contribution < -0.4 is 13.9 Å². The third kappa shape index (κ3) is 7.79. The van der Waals surface area contributed by atoms with Crippen LogP contribution in [0.1, 0.15) is 48.2 Å². The summed E-state index contributed by atoms with van der Waals surface area (Å²) in [4.78, 5) is 22.8. The molecule has 15 heteroatoms. The molecule has 0 bridgehead atoms. The second kappa shape index (κ2) is 14.9. The monoisotopic (exact) mass is 784 g/mol. The van der Waals surface area contributed by atoms with Crippen molar-refractivity contribution in [3.8, 4) is 22.4 Å². The number of rotatable bonds is 10. The van der Waals surface area contributed by atoms with Crippen LogP contribution in [0.5, 0.6) is 0 Å². The van der Waals surface area contributed by atoms with Crippen LogP contribution in [0.4, 0.5) is 16.2 Å². The van der Waals surface area contributed by atoms with Crippen LogP contribution in [0, 0.1) is 6.92 Å². The van der Waals surface area contributed by atoms with E-state index in [-0.39, 0.29) is 12.6 Å². The Bertz CT molecular complexity index is 2450. The Morgan fingerprint density at radius 3 is 2.17 bits per heavy atom. The van der Waals surface area contributed by atoms with Gasteiger partial charge in [-0.05, 0) is 85.5 Å². The van der Waals surface area contributed by atoms with Gasteiger partial charge in [0, 0.05) is 22.3 Å². The predicted molar refractivity (Wildman–Crippen MR) is 208 cm³/mol. The Morgan fingerprint density at radius 2 is 1.59 bits per heavy atom. The zero-order chi connectivity index (χ0) is 38.1. The number of anilines is 2. The minimum absolute atomic E-state index is 0.182. The Labute approximate surface area is 321 Å². The van der Waals surface area contributed by atoms with Gasteiger partial charge in [-0.3, -0.25) is 4.90 Å². The Morgan fingerprint density at radius 1 is 0.944 bits per heavy atom. The molecule has 1 aliphatic heterocycles. The number of hydrogen-bond acceptors (Lipinski definition) is 8. The highest BCUT2D eigenvalue weighted by Gasteiger charge is 2.29. The minimum Gasteiger partial charge on any atom is -0.493 e. The molecule has 7 rings (SSSR count). The summed E-state index contributed by atoms with van der Waals surface area (Å²) in [6, 6.07) is 29.6. The highest BCUT2D eigenvalue weighted by atomic mass is 35.5. The van der Waals surface area contributed by atoms with E-state index in [9.17, 15) is 18.3 Å². The fraction of sp³-hybridized carbons (Fsp3) is 0.154. The molecule has 54 heavy (non-hydrogen) atoms. The second-order valence-corrected chi connectivity index (χ2v) is 15.3. The van der Waals surface area contributed by atoms with Crippen molar-refractivity contribution < 1.29 is 27.6 Å². The van der Waals surface area contributed by atoms with E-state index in [2.05, 4.69) is 14.9 Å². The lowest BCUT2D eigenvalue weighted by Gasteiger charge is -2.23. The van der Waals surface area contributed by atoms with Crippen molar-refractivity contribution in [2.24, 2.45) is 0 Å². The Hall–Kier alpha value is -5.76. The number of benzene rings is 4. The maximum absolute atomic E-state index is 13.1. The molecule has 0 spiro atoms. The van der Waals surface area contributed by atoms with Gasteiger partial charge in [0.1, 0.15) is 17.3 Å². The van der Waals surface area contributed by atoms with Crippen LogP contribution >= 0.6 is 23.2 Å². The molecule has 12 nitrogen and oxygen atoms in total. The van der Waals surface area contributed by atoms with Gasteiger partial charge in [-0.1, -0.05) is 76.9 Å². The minimum atomic E-state index is -3.95. The number of carbonyl (C=O) groups is 1. The zero-order valence-electron chi connectivity index (χ0n) is 29.2. The number of H-pyrrole nitrogens is 1. The van der Waals surface area contributed by atoms with E-state index in [4.69, 9.17) is 37.4 Å². The van der Waals surface area contributed by atoms with Crippen LogP contribution in [0.25, 0.3) is 22.4 Å². The molecule has 1 amide bonds. The fourth-order valence-corrected chi connectivity index (χ4v) is 7.70. The number of hydrogen-bond donors (Lipinski definition) is 3. The van der Waals surface area contributed by atoms with Crippen molar-refractivity contribution in [1.29, 1.82) is 0 Å². The van der Waals surface area contributed by atoms with E-state index >= 15 is 0 Å². The van der Waals surface area contributed by atoms with Crippen molar-refractivity contribution in [2.45, 2.75) is 39.3 Å². The molecule has 0 fully saturated rings. The largest absolute Gasteiger partial charge is 0.493 e. The molecule has 6 aromatic rings. The number of nitrogens with zero attached hydrogens (tertiary/aromatic N) is 4. The van der Waals surface area contributed by atoms with E-state index in [1.807, 2.05) is 66.7 Å². The van der Waals surface area contributed by atoms with Crippen molar-refractivity contribution in [3.63, 3.8) is 0 Å². The summed E-state index contributed by atoms with van der Waals surface area (Å²) in [7, 11) is -3.95. The number of aromatic nitrogens is 3. The van der Waals surface area contributed by atoms with Gasteiger partial charge in [-0.2, -0.15) is 8.42 Å². The van der Waals surface area contributed by atoms with Crippen LogP contribution in [-0.4, -0.2) is 40.8 Å². The molecular formula is C39H34Cl2N6O6S. The zero-order valence-corrected chi connectivity index (χ0v) is 31.5. The summed E-state index contributed by atoms with van der Waals surface area (Å²) in [6.45, 7) is 5.57. The molecule has 1 atom stereocenters. The van der Waals surface area contributed by atoms with E-state index in [0.717, 1.165) is 38.3 Å². The molecule has 1 unspecified atom stereocenters. The number of aromatic amines is 1. The van der Waals surface area contributed by atoms with Gasteiger partial charge in [0.25, 0.3) is 0 Å². The third-order valence-electron chi connectivity index (χ3n) is 8.61. The number of aryl methyl sites for hydroxylation is 1. The molecule has 0 saturated heterocycles. The number of amides is 1. The lowest BCUT2D eigenvalue weighted by molar-refractivity contribution is 0.122. The first-order chi connectivity index (χ1) is 25.8. The summed E-state index contributed by atoms with van der Waals surface area (Å²) in [5.41, 5.74) is 6.62. The van der Waals surface area contributed by atoms with E-state index in [1.165, 1.54) is 4.90 Å². The fourth-order valence-electron chi connectivity index (χ4n) is 6.13. The molecular weight excluding hydrogens is 751 g/mol. The first-order valence-corrected chi connectivity index (χ1v) is 19.0. The normalized spacial score (nSPS) is 14.1. The molecule has 0 radical (unpaired) electrons. The van der Waals surface area contributed by atoms with Crippen molar-refractivity contribution >= 4 is 50.9 Å². The summed E-state index contributed by atoms with van der Waals surface area (Å²) in [5.74, 6) is 0.411. The van der Waals surface area contributed by atoms with Crippen LogP contribution in [0.2, 0.25) is 10.0 Å². The summed E-state index contributed by atoms with van der Waals surface area (Å²) in [5, 5.41) is 14.8. The van der Waals surface area contributed by atoms with E-state index < -0.39 is 28.1 Å². The highest BCUT2D eigenvalue weighted by molar-refractivity contribution is 7.91. The molecule has 4 aromatic carbocycles. The molecule has 0 saturated carbocycles. The summed E-state index contributed by atoms with van der Waals surface area (Å²) in [6.07, 6.45) is 2.02. The first-order valence-electron chi connectivity index (χ1n) is 16.8. The number of ether oxygens (including phenoxy) is 1. The molecule has 1 aliphatic rings. The summed E-state index contributed by atoms with van der Waals surface area (Å²) >= 11 is 12.7. The first kappa shape index (κ1) is 36.6. The molecule has 3 heterocycles. The lowest BCUT2D eigenvalue weighted by atomic mass is 9.89. The number of nitrogens with one attached hydrogen (secondary N) is 2. The number of aliphatic hydroxyl groups excluding tert-OH is 1. The van der Waals surface area contributed by atoms with Gasteiger partial charge in [-0.25, -0.2) is 18.8 Å². The number of aliphatic hydroxyl groups is 1. The second-order valence-electron chi connectivity index (χ2n) is 12.9. The number of imidazole rings is 1. The maximum atomic E-state index is 13.1. The van der Waals surface area contributed by atoms with Gasteiger partial charge in [0.05, 0.1) is 47.4 Å². The van der Waals surface area contributed by atoms with Gasteiger partial charge < -0.3 is 19.4 Å². The topological polar surface area (TPSA) is 154 Å². The molecule has 0 aliphatic carbocycles. The SMILES string of the molecule is Cc1cc(CN(C(=O)OC(C)C)c2ccc(-c3ccc(C(c4ccc(N5C=C(O)NS5(=O)=O)cc4)c4ncc(-c5ccc(Cl)cc5Cl)[nH]4)cc3)cc2)no1. The van der Waals surface area contributed by atoms with Crippen molar-refractivity contribution in [1.82, 2.24) is 19.8 Å². The van der Waals surface area contributed by atoms with Crippen molar-refractivity contribution in [2.75, 3.05) is 9.21 Å². The molecule has 2 aromatic heterocycles. The third-order valence-corrected chi connectivity index (χ3v) is 10.5. The van der Waals surface area contributed by atoms with E-state index in [1.54, 1.807) is 57.3 Å². The standard InChI is InChI=1S/C39H34Cl2N6O6S/c1-23(2)52-39(49)46(21-30-18-24(3)53-44-30)31-13-8-26(9-14-31)25-4-6-27(7-5-25)37(38-42-20-35(43-38)33-17-12-29(40)19-34(33)41)28-10-15-32(16-11-28)47-22-36(48)45-54(47,50)51/h4-20,22-23,37,45,48H,21H2,1-3H3,(H,42,43). The number of carbonyl (C=O) groups excluding carboxylic acids is 1. The lowest BCUT2D eigenvalue weighted by Crippen LogP contribution is -2.32. The van der Waals surface area contributed by atoms with Crippen LogP contribution in [-0.2, 0) is 21.5 Å². The number of halogens is 2. The van der Waals surface area contributed by atoms with Gasteiger partial charge in [0.15, 0.2) is 0 Å². The summed E-state index contributed by atoms with van der Waals surface area (Å²) < 4.78 is 38.8. The Kier molecular flexibility index (Phi) is 10.1. The average Bonchev–Trinajstić information content (AvgIpc) is 3.85. The maximum Gasteiger partial charge on any atom is 0.414 e. The van der Waals surface area contributed by atoms with Crippen LogP contribution in [0.3, 0.4) is 0 Å². The van der Waals surface area contributed by atoms with E-state index in [0.29, 0.717) is 44.4 Å². The average molecular weight is 786 g/mol. The molecule has 3 N–H and O–H groups in total. The smallest absolute Gasteiger partial charge is 0.414 e. The van der Waals surface area contributed by atoms with Gasteiger partial charge in [-0.15, -0.1) is 0 Å². The molecule has 276 valence electrons. The highest BCUT2D eigenvalue weighted by Crippen LogP contribution is 2.36. The van der Waals surface area contributed by atoms with Crippen molar-refractivity contribution in [3.05, 3.63) is 154 Å². The quantitative estimate of drug-likeness (QED) is 0.124. The van der Waals surface area contributed by atoms with Crippen LogP contribution in [0.15, 0.2) is 120 Å². The van der Waals surface area contributed by atoms with Gasteiger partial charge >= 0.3 is 16.3 Å².